The van der Waals surface area contributed by atoms with Crippen LogP contribution in [0.3, 0.4) is 0 Å². The van der Waals surface area contributed by atoms with Crippen LogP contribution in [0, 0.1) is 0 Å². The summed E-state index contributed by atoms with van der Waals surface area (Å²) in [6.07, 6.45) is 4.32. The Hall–Kier alpha value is -2.99. The molecule has 0 amide bonds. The first kappa shape index (κ1) is 16.5. The van der Waals surface area contributed by atoms with Crippen LogP contribution in [-0.2, 0) is 26.1 Å². The maximum Gasteiger partial charge on any atom is 0.257 e. The van der Waals surface area contributed by atoms with Crippen molar-refractivity contribution in [3.05, 3.63) is 87.6 Å². The molecule has 0 atom stereocenters. The van der Waals surface area contributed by atoms with E-state index >= 15 is 0 Å². The van der Waals surface area contributed by atoms with Gasteiger partial charge in [0.05, 0.1) is 11.3 Å². The average Bonchev–Trinajstić information content (AvgIpc) is 2.68. The number of anilines is 1. The molecule has 1 aliphatic rings. The Kier molecular flexibility index (Phi) is 4.75. The van der Waals surface area contributed by atoms with Crippen molar-refractivity contribution in [1.82, 2.24) is 19.9 Å². The van der Waals surface area contributed by atoms with E-state index in [1.54, 1.807) is 12.4 Å². The molecule has 0 radical (unpaired) electrons. The van der Waals surface area contributed by atoms with Gasteiger partial charge in [0.2, 0.25) is 5.95 Å². The van der Waals surface area contributed by atoms with Crippen LogP contribution in [0.5, 0.6) is 0 Å². The van der Waals surface area contributed by atoms with Gasteiger partial charge in [0.1, 0.15) is 0 Å². The lowest BCUT2D eigenvalue weighted by Gasteiger charge is -2.27. The molecule has 0 bridgehead atoms. The molecule has 2 aromatic heterocycles. The molecule has 1 aliphatic heterocycles. The minimum atomic E-state index is -0.0542. The zero-order valence-electron chi connectivity index (χ0n) is 14.5. The molecule has 0 saturated carbocycles. The molecule has 1 aromatic carbocycles. The SMILES string of the molecule is O=c1[nH]c(NCc2cccnc2)nc2c1CN(Cc1ccccc1)CC2. The standard InChI is InChI=1S/C20H21N5O/c26-19-17-14-25(13-15-5-2-1-3-6-15)10-8-18(17)23-20(24-19)22-12-16-7-4-9-21-11-16/h1-7,9,11H,8,10,12-14H2,(H2,22,23,24,26). The van der Waals surface area contributed by atoms with Gasteiger partial charge in [0.15, 0.2) is 0 Å². The number of pyridine rings is 1. The van der Waals surface area contributed by atoms with Gasteiger partial charge in [-0.15, -0.1) is 0 Å². The van der Waals surface area contributed by atoms with Crippen LogP contribution in [0.15, 0.2) is 59.7 Å². The smallest absolute Gasteiger partial charge is 0.257 e. The van der Waals surface area contributed by atoms with E-state index in [2.05, 4.69) is 37.3 Å². The summed E-state index contributed by atoms with van der Waals surface area (Å²) in [6, 6.07) is 14.2. The third-order valence-corrected chi connectivity index (χ3v) is 4.58. The highest BCUT2D eigenvalue weighted by Crippen LogP contribution is 2.17. The lowest BCUT2D eigenvalue weighted by atomic mass is 10.1. The Morgan fingerprint density at radius 3 is 2.77 bits per heavy atom. The number of rotatable bonds is 5. The monoisotopic (exact) mass is 347 g/mol. The Labute approximate surface area is 151 Å². The van der Waals surface area contributed by atoms with E-state index < -0.39 is 0 Å². The van der Waals surface area contributed by atoms with Crippen molar-refractivity contribution >= 4 is 5.95 Å². The number of hydrogen-bond acceptors (Lipinski definition) is 5. The molecular formula is C20H21N5O. The zero-order valence-corrected chi connectivity index (χ0v) is 14.5. The summed E-state index contributed by atoms with van der Waals surface area (Å²) in [5, 5.41) is 3.18. The van der Waals surface area contributed by atoms with E-state index in [0.29, 0.717) is 19.0 Å². The lowest BCUT2D eigenvalue weighted by Crippen LogP contribution is -2.35. The molecular weight excluding hydrogens is 326 g/mol. The highest BCUT2D eigenvalue weighted by Gasteiger charge is 2.21. The van der Waals surface area contributed by atoms with Crippen molar-refractivity contribution in [1.29, 1.82) is 0 Å². The van der Waals surface area contributed by atoms with Crippen molar-refractivity contribution in [2.45, 2.75) is 26.1 Å². The molecule has 4 rings (SSSR count). The molecule has 6 nitrogen and oxygen atoms in total. The van der Waals surface area contributed by atoms with Crippen molar-refractivity contribution in [2.75, 3.05) is 11.9 Å². The van der Waals surface area contributed by atoms with Crippen LogP contribution in [0.2, 0.25) is 0 Å². The van der Waals surface area contributed by atoms with E-state index in [0.717, 1.165) is 36.3 Å². The van der Waals surface area contributed by atoms with Crippen molar-refractivity contribution in [2.24, 2.45) is 0 Å². The van der Waals surface area contributed by atoms with Gasteiger partial charge in [-0.05, 0) is 17.2 Å². The lowest BCUT2D eigenvalue weighted by molar-refractivity contribution is 0.242. The molecule has 132 valence electrons. The second-order valence-corrected chi connectivity index (χ2v) is 6.50. The fourth-order valence-electron chi connectivity index (χ4n) is 3.23. The van der Waals surface area contributed by atoms with E-state index in [1.807, 2.05) is 30.3 Å². The van der Waals surface area contributed by atoms with E-state index in [9.17, 15) is 4.79 Å². The molecule has 6 heteroatoms. The van der Waals surface area contributed by atoms with Crippen LogP contribution in [0.25, 0.3) is 0 Å². The van der Waals surface area contributed by atoms with Crippen molar-refractivity contribution in [3.63, 3.8) is 0 Å². The summed E-state index contributed by atoms with van der Waals surface area (Å²) in [4.78, 5) is 26.4. The van der Waals surface area contributed by atoms with Crippen LogP contribution < -0.4 is 10.9 Å². The van der Waals surface area contributed by atoms with E-state index in [4.69, 9.17) is 0 Å². The van der Waals surface area contributed by atoms with Crippen LogP contribution in [0.1, 0.15) is 22.4 Å². The Morgan fingerprint density at radius 1 is 1.12 bits per heavy atom. The van der Waals surface area contributed by atoms with E-state index in [-0.39, 0.29) is 5.56 Å². The van der Waals surface area contributed by atoms with Crippen LogP contribution in [-0.4, -0.2) is 26.4 Å². The largest absolute Gasteiger partial charge is 0.352 e. The predicted octanol–water partition coefficient (Wildman–Crippen LogP) is 2.34. The number of H-pyrrole nitrogens is 1. The summed E-state index contributed by atoms with van der Waals surface area (Å²) in [6.45, 7) is 2.96. The topological polar surface area (TPSA) is 73.9 Å². The minimum absolute atomic E-state index is 0.0542. The number of nitrogens with zero attached hydrogens (tertiary/aromatic N) is 3. The molecule has 0 spiro atoms. The summed E-state index contributed by atoms with van der Waals surface area (Å²) in [5.74, 6) is 0.522. The van der Waals surface area contributed by atoms with Crippen molar-refractivity contribution < 1.29 is 0 Å². The first-order chi connectivity index (χ1) is 12.8. The van der Waals surface area contributed by atoms with Crippen LogP contribution >= 0.6 is 0 Å². The molecule has 2 N–H and O–H groups in total. The average molecular weight is 347 g/mol. The Bertz CT molecular complexity index is 924. The minimum Gasteiger partial charge on any atom is -0.352 e. The first-order valence-electron chi connectivity index (χ1n) is 8.79. The predicted molar refractivity (Wildman–Crippen MR) is 101 cm³/mol. The molecule has 3 aromatic rings. The summed E-state index contributed by atoms with van der Waals surface area (Å²) in [7, 11) is 0. The number of aromatic nitrogens is 3. The first-order valence-corrected chi connectivity index (χ1v) is 8.79. The van der Waals surface area contributed by atoms with Gasteiger partial charge in [0, 0.05) is 45.0 Å². The van der Waals surface area contributed by atoms with Gasteiger partial charge in [-0.2, -0.15) is 0 Å². The molecule has 0 aliphatic carbocycles. The summed E-state index contributed by atoms with van der Waals surface area (Å²) >= 11 is 0. The Balaban J connectivity index is 1.46. The van der Waals surface area contributed by atoms with Gasteiger partial charge in [-0.1, -0.05) is 36.4 Å². The van der Waals surface area contributed by atoms with E-state index in [1.165, 1.54) is 5.56 Å². The van der Waals surface area contributed by atoms with Gasteiger partial charge in [0.25, 0.3) is 5.56 Å². The number of aromatic amines is 1. The van der Waals surface area contributed by atoms with Crippen molar-refractivity contribution in [3.8, 4) is 0 Å². The highest BCUT2D eigenvalue weighted by molar-refractivity contribution is 5.32. The van der Waals surface area contributed by atoms with Gasteiger partial charge >= 0.3 is 0 Å². The maximum absolute atomic E-state index is 12.5. The maximum atomic E-state index is 12.5. The number of benzene rings is 1. The highest BCUT2D eigenvalue weighted by atomic mass is 16.1. The van der Waals surface area contributed by atoms with Gasteiger partial charge < -0.3 is 5.32 Å². The zero-order chi connectivity index (χ0) is 17.8. The summed E-state index contributed by atoms with van der Waals surface area (Å²) < 4.78 is 0. The fraction of sp³-hybridized carbons (Fsp3) is 0.250. The second kappa shape index (κ2) is 7.49. The normalized spacial score (nSPS) is 14.0. The molecule has 26 heavy (non-hydrogen) atoms. The number of nitrogens with one attached hydrogen (secondary N) is 2. The molecule has 3 heterocycles. The Morgan fingerprint density at radius 2 is 1.96 bits per heavy atom. The summed E-state index contributed by atoms with van der Waals surface area (Å²) in [5.41, 5.74) is 3.92. The quantitative estimate of drug-likeness (QED) is 0.741. The van der Waals surface area contributed by atoms with Gasteiger partial charge in [-0.25, -0.2) is 4.98 Å². The molecule has 0 unspecified atom stereocenters. The van der Waals surface area contributed by atoms with Crippen LogP contribution in [0.4, 0.5) is 5.95 Å². The fourth-order valence-corrected chi connectivity index (χ4v) is 3.23. The third-order valence-electron chi connectivity index (χ3n) is 4.58. The molecule has 0 saturated heterocycles. The number of fused-ring (bicyclic) bond motifs is 1. The second-order valence-electron chi connectivity index (χ2n) is 6.50. The number of hydrogen-bond donors (Lipinski definition) is 2. The molecule has 0 fully saturated rings. The van der Waals surface area contributed by atoms with Gasteiger partial charge in [-0.3, -0.25) is 19.7 Å². The third kappa shape index (κ3) is 3.81.